The van der Waals surface area contributed by atoms with Crippen molar-refractivity contribution in [2.45, 2.75) is 46.3 Å². The zero-order valence-electron chi connectivity index (χ0n) is 14.8. The molecule has 1 unspecified atom stereocenters. The first-order valence-corrected chi connectivity index (χ1v) is 7.71. The molecule has 0 aliphatic heterocycles. The molecule has 1 aromatic rings. The summed E-state index contributed by atoms with van der Waals surface area (Å²) in [6.07, 6.45) is 0.923. The van der Waals surface area contributed by atoms with E-state index in [-0.39, 0.29) is 0 Å². The van der Waals surface area contributed by atoms with Gasteiger partial charge in [0.25, 0.3) is 0 Å². The van der Waals surface area contributed by atoms with Crippen LogP contribution < -0.4 is 11.1 Å². The van der Waals surface area contributed by atoms with Crippen LogP contribution in [0.1, 0.15) is 40.2 Å². The van der Waals surface area contributed by atoms with Crippen molar-refractivity contribution >= 4 is 29.7 Å². The first-order valence-electron chi connectivity index (χ1n) is 7.71. The van der Waals surface area contributed by atoms with Crippen LogP contribution in [0.25, 0.3) is 0 Å². The van der Waals surface area contributed by atoms with Gasteiger partial charge < -0.3 is 15.2 Å². The summed E-state index contributed by atoms with van der Waals surface area (Å²) in [5.74, 6) is -0.407. The smallest absolute Gasteiger partial charge is 0.412 e. The van der Waals surface area contributed by atoms with E-state index in [1.165, 1.54) is 6.21 Å². The van der Waals surface area contributed by atoms with Gasteiger partial charge in [0, 0.05) is 23.2 Å². The number of amides is 1. The highest BCUT2D eigenvalue weighted by molar-refractivity contribution is 5.92. The summed E-state index contributed by atoms with van der Waals surface area (Å²) >= 11 is 0. The number of ether oxygens (including phenoxy) is 2. The summed E-state index contributed by atoms with van der Waals surface area (Å²) in [6.45, 7) is 9.01. The van der Waals surface area contributed by atoms with Crippen LogP contribution in [0, 0.1) is 0 Å². The lowest BCUT2D eigenvalue weighted by Crippen LogP contribution is -2.27. The van der Waals surface area contributed by atoms with E-state index >= 15 is 0 Å². The standard InChI is InChI=1S/C17H25N3O4/c1-6-23-15(21)11(2)19-10-12-9-13(7-8-14(12)18)20-16(22)24-17(3,4)5/h7-11H,6,18H2,1-5H3,(H,20,22). The number of rotatable bonds is 5. The van der Waals surface area contributed by atoms with Crippen molar-refractivity contribution in [2.75, 3.05) is 17.7 Å². The number of benzene rings is 1. The Balaban J connectivity index is 2.83. The van der Waals surface area contributed by atoms with E-state index in [1.54, 1.807) is 52.8 Å². The summed E-state index contributed by atoms with van der Waals surface area (Å²) in [7, 11) is 0. The fraction of sp³-hybridized carbons (Fsp3) is 0.471. The van der Waals surface area contributed by atoms with Crippen molar-refractivity contribution in [1.82, 2.24) is 0 Å². The zero-order chi connectivity index (χ0) is 18.3. The fourth-order valence-corrected chi connectivity index (χ4v) is 1.70. The van der Waals surface area contributed by atoms with Crippen LogP contribution >= 0.6 is 0 Å². The predicted molar refractivity (Wildman–Crippen MR) is 94.4 cm³/mol. The number of nitrogens with one attached hydrogen (secondary N) is 1. The van der Waals surface area contributed by atoms with Crippen LogP contribution in [0.3, 0.4) is 0 Å². The Hall–Kier alpha value is -2.57. The third kappa shape index (κ3) is 6.68. The second-order valence-electron chi connectivity index (χ2n) is 6.18. The third-order valence-corrected chi connectivity index (χ3v) is 2.80. The molecule has 7 heteroatoms. The van der Waals surface area contributed by atoms with Crippen LogP contribution in [0.2, 0.25) is 0 Å². The van der Waals surface area contributed by atoms with Crippen LogP contribution in [0.15, 0.2) is 23.2 Å². The van der Waals surface area contributed by atoms with E-state index in [2.05, 4.69) is 10.3 Å². The molecular weight excluding hydrogens is 310 g/mol. The Morgan fingerprint density at radius 2 is 2.04 bits per heavy atom. The summed E-state index contributed by atoms with van der Waals surface area (Å²) in [6, 6.07) is 4.32. The van der Waals surface area contributed by atoms with Gasteiger partial charge in [-0.15, -0.1) is 0 Å². The topological polar surface area (TPSA) is 103 Å². The SMILES string of the molecule is CCOC(=O)C(C)N=Cc1cc(NC(=O)OC(C)(C)C)ccc1N. The molecule has 7 nitrogen and oxygen atoms in total. The molecule has 0 aliphatic carbocycles. The number of hydrogen-bond donors (Lipinski definition) is 2. The molecule has 1 amide bonds. The molecule has 132 valence electrons. The highest BCUT2D eigenvalue weighted by Gasteiger charge is 2.16. The van der Waals surface area contributed by atoms with Crippen molar-refractivity contribution in [2.24, 2.45) is 4.99 Å². The van der Waals surface area contributed by atoms with Gasteiger partial charge in [-0.05, 0) is 52.8 Å². The molecule has 0 aliphatic rings. The lowest BCUT2D eigenvalue weighted by atomic mass is 10.1. The van der Waals surface area contributed by atoms with E-state index in [0.29, 0.717) is 23.5 Å². The van der Waals surface area contributed by atoms with Crippen molar-refractivity contribution in [1.29, 1.82) is 0 Å². The molecule has 24 heavy (non-hydrogen) atoms. The minimum absolute atomic E-state index is 0.302. The summed E-state index contributed by atoms with van der Waals surface area (Å²) in [5.41, 5.74) is 6.88. The Bertz CT molecular complexity index is 621. The fourth-order valence-electron chi connectivity index (χ4n) is 1.70. The number of nitrogen functional groups attached to an aromatic ring is 1. The molecule has 1 aromatic carbocycles. The van der Waals surface area contributed by atoms with Crippen molar-refractivity contribution < 1.29 is 19.1 Å². The number of nitrogens with zero attached hydrogens (tertiary/aromatic N) is 1. The summed E-state index contributed by atoms with van der Waals surface area (Å²) in [4.78, 5) is 27.5. The number of carbonyl (C=O) groups is 2. The molecule has 1 atom stereocenters. The highest BCUT2D eigenvalue weighted by Crippen LogP contribution is 2.18. The normalized spacial score (nSPS) is 12.7. The highest BCUT2D eigenvalue weighted by atomic mass is 16.6. The molecular formula is C17H25N3O4. The Kier molecular flexibility index (Phi) is 6.76. The zero-order valence-corrected chi connectivity index (χ0v) is 14.8. The van der Waals surface area contributed by atoms with Gasteiger partial charge in [0.15, 0.2) is 0 Å². The van der Waals surface area contributed by atoms with E-state index < -0.39 is 23.7 Å². The van der Waals surface area contributed by atoms with Gasteiger partial charge >= 0.3 is 12.1 Å². The molecule has 3 N–H and O–H groups in total. The molecule has 0 bridgehead atoms. The van der Waals surface area contributed by atoms with E-state index in [9.17, 15) is 9.59 Å². The molecule has 1 rings (SSSR count). The molecule has 0 heterocycles. The number of hydrogen-bond acceptors (Lipinski definition) is 6. The number of nitrogens with two attached hydrogens (primary N) is 1. The minimum Gasteiger partial charge on any atom is -0.464 e. The van der Waals surface area contributed by atoms with Crippen molar-refractivity contribution in [3.63, 3.8) is 0 Å². The Morgan fingerprint density at radius 3 is 2.62 bits per heavy atom. The minimum atomic E-state index is -0.633. The van der Waals surface area contributed by atoms with Gasteiger partial charge in [-0.1, -0.05) is 0 Å². The molecule has 0 saturated heterocycles. The van der Waals surface area contributed by atoms with Gasteiger partial charge in [0.1, 0.15) is 11.6 Å². The van der Waals surface area contributed by atoms with Crippen molar-refractivity contribution in [3.05, 3.63) is 23.8 Å². The van der Waals surface area contributed by atoms with Gasteiger partial charge in [0.2, 0.25) is 0 Å². The molecule has 0 spiro atoms. The maximum absolute atomic E-state index is 11.8. The monoisotopic (exact) mass is 335 g/mol. The van der Waals surface area contributed by atoms with E-state index in [0.717, 1.165) is 0 Å². The molecule has 0 fully saturated rings. The maximum atomic E-state index is 11.8. The molecule has 0 aromatic heterocycles. The second-order valence-corrected chi connectivity index (χ2v) is 6.18. The van der Waals surface area contributed by atoms with Gasteiger partial charge in [-0.25, -0.2) is 9.59 Å². The predicted octanol–water partition coefficient (Wildman–Crippen LogP) is 2.99. The second kappa shape index (κ2) is 8.33. The average molecular weight is 335 g/mol. The van der Waals surface area contributed by atoms with Crippen LogP contribution in [-0.2, 0) is 14.3 Å². The van der Waals surface area contributed by atoms with Crippen molar-refractivity contribution in [3.8, 4) is 0 Å². The molecule has 0 saturated carbocycles. The Morgan fingerprint density at radius 1 is 1.38 bits per heavy atom. The van der Waals surface area contributed by atoms with Gasteiger partial charge in [0.05, 0.1) is 6.61 Å². The summed E-state index contributed by atoms with van der Waals surface area (Å²) < 4.78 is 10.1. The lowest BCUT2D eigenvalue weighted by Gasteiger charge is -2.19. The first-order chi connectivity index (χ1) is 11.1. The first kappa shape index (κ1) is 19.5. The van der Waals surface area contributed by atoms with E-state index in [4.69, 9.17) is 15.2 Å². The number of carbonyl (C=O) groups excluding carboxylic acids is 2. The number of esters is 1. The third-order valence-electron chi connectivity index (χ3n) is 2.80. The largest absolute Gasteiger partial charge is 0.464 e. The number of aliphatic imine (C=N–C) groups is 1. The quantitative estimate of drug-likeness (QED) is 0.489. The Labute approximate surface area is 142 Å². The van der Waals surface area contributed by atoms with Crippen LogP contribution in [-0.4, -0.2) is 36.5 Å². The van der Waals surface area contributed by atoms with Gasteiger partial charge in [-0.2, -0.15) is 0 Å². The number of anilines is 2. The van der Waals surface area contributed by atoms with Crippen LogP contribution in [0.4, 0.5) is 16.2 Å². The average Bonchev–Trinajstić information content (AvgIpc) is 2.45. The van der Waals surface area contributed by atoms with E-state index in [1.807, 2.05) is 0 Å². The van der Waals surface area contributed by atoms with Crippen LogP contribution in [0.5, 0.6) is 0 Å². The lowest BCUT2D eigenvalue weighted by molar-refractivity contribution is -0.144. The maximum Gasteiger partial charge on any atom is 0.412 e. The summed E-state index contributed by atoms with van der Waals surface area (Å²) in [5, 5.41) is 2.63. The molecule has 0 radical (unpaired) electrons. The van der Waals surface area contributed by atoms with Gasteiger partial charge in [-0.3, -0.25) is 10.3 Å².